The highest BCUT2D eigenvalue weighted by Gasteiger charge is 2.23. The summed E-state index contributed by atoms with van der Waals surface area (Å²) in [6.07, 6.45) is 2.52. The third-order valence-corrected chi connectivity index (χ3v) is 5.36. The van der Waals surface area contributed by atoms with E-state index in [0.29, 0.717) is 18.8 Å². The largest absolute Gasteiger partial charge is 0.395 e. The van der Waals surface area contributed by atoms with Crippen LogP contribution in [0.4, 0.5) is 4.39 Å². The Bertz CT molecular complexity index is 1010. The van der Waals surface area contributed by atoms with Crippen LogP contribution in [-0.2, 0) is 22.8 Å². The Morgan fingerprint density at radius 1 is 1.03 bits per heavy atom. The number of aromatic nitrogens is 2. The van der Waals surface area contributed by atoms with E-state index >= 15 is 0 Å². The van der Waals surface area contributed by atoms with Crippen molar-refractivity contribution in [3.63, 3.8) is 0 Å². The second-order valence-electron chi connectivity index (χ2n) is 9.33. The molecule has 0 spiro atoms. The molecule has 1 aliphatic rings. The molecule has 6 nitrogen and oxygen atoms in total. The summed E-state index contributed by atoms with van der Waals surface area (Å²) in [5.41, 5.74) is 7.37. The Kier molecular flexibility index (Phi) is 7.59. The Balaban J connectivity index is 1.60. The van der Waals surface area contributed by atoms with Crippen molar-refractivity contribution in [3.8, 4) is 0 Å². The van der Waals surface area contributed by atoms with Gasteiger partial charge in [0, 0.05) is 16.8 Å². The number of fused-ring (bicyclic) bond motifs is 1. The Labute approximate surface area is 189 Å². The predicted octanol–water partition coefficient (Wildman–Crippen LogP) is 5.40. The van der Waals surface area contributed by atoms with Crippen LogP contribution in [0.3, 0.4) is 0 Å². The fourth-order valence-corrected chi connectivity index (χ4v) is 3.75. The van der Waals surface area contributed by atoms with Gasteiger partial charge in [-0.05, 0) is 81.8 Å². The molecule has 3 rings (SSSR count). The number of pyridine rings is 2. The van der Waals surface area contributed by atoms with Crippen molar-refractivity contribution >= 4 is 11.4 Å². The van der Waals surface area contributed by atoms with Gasteiger partial charge in [-0.2, -0.15) is 0 Å². The summed E-state index contributed by atoms with van der Waals surface area (Å²) in [5.74, 6) is 0. The molecule has 0 aromatic carbocycles. The summed E-state index contributed by atoms with van der Waals surface area (Å²) >= 11 is 0. The van der Waals surface area contributed by atoms with Gasteiger partial charge in [0.25, 0.3) is 0 Å². The second kappa shape index (κ2) is 10.2. The summed E-state index contributed by atoms with van der Waals surface area (Å²) in [4.78, 5) is 20.4. The minimum atomic E-state index is -0.484. The third-order valence-electron chi connectivity index (χ3n) is 5.36. The first-order valence-electron chi connectivity index (χ1n) is 11.1. The lowest BCUT2D eigenvalue weighted by Gasteiger charge is -2.23. The highest BCUT2D eigenvalue weighted by atomic mass is 19.1. The summed E-state index contributed by atoms with van der Waals surface area (Å²) in [6.45, 7) is 12.1. The van der Waals surface area contributed by atoms with Crippen molar-refractivity contribution in [2.24, 2.45) is 15.7 Å². The van der Waals surface area contributed by atoms with Crippen LogP contribution in [0.2, 0.25) is 0 Å². The molecular weight excluding hydrogens is 407 g/mol. The minimum Gasteiger partial charge on any atom is -0.395 e. The summed E-state index contributed by atoms with van der Waals surface area (Å²) in [5, 5.41) is 8.60. The average Bonchev–Trinajstić information content (AvgIpc) is 2.72. The second-order valence-corrected chi connectivity index (χ2v) is 9.33. The minimum absolute atomic E-state index is 0.300. The van der Waals surface area contributed by atoms with E-state index in [9.17, 15) is 4.39 Å². The average molecular weight is 441 g/mol. The Morgan fingerprint density at radius 3 is 2.47 bits per heavy atom. The molecule has 172 valence electrons. The van der Waals surface area contributed by atoms with E-state index in [0.717, 1.165) is 64.6 Å². The van der Waals surface area contributed by atoms with Crippen LogP contribution in [-0.4, -0.2) is 34.6 Å². The van der Waals surface area contributed by atoms with Gasteiger partial charge in [-0.25, -0.2) is 4.39 Å². The van der Waals surface area contributed by atoms with Gasteiger partial charge in [0.05, 0.1) is 11.4 Å². The zero-order valence-electron chi connectivity index (χ0n) is 20.0. The maximum atomic E-state index is 13.4. The lowest BCUT2D eigenvalue weighted by Crippen LogP contribution is -2.25. The number of alkyl halides is 1. The van der Waals surface area contributed by atoms with Gasteiger partial charge in [0.2, 0.25) is 0 Å². The molecule has 2 heterocycles. The molecule has 2 aromatic rings. The molecule has 0 fully saturated rings. The third kappa shape index (κ3) is 6.11. The lowest BCUT2D eigenvalue weighted by molar-refractivity contribution is -0.000160. The van der Waals surface area contributed by atoms with Crippen LogP contribution in [0.5, 0.6) is 0 Å². The molecule has 32 heavy (non-hydrogen) atoms. The molecule has 0 aliphatic heterocycles. The smallest absolute Gasteiger partial charge is 0.125 e. The van der Waals surface area contributed by atoms with Crippen LogP contribution < -0.4 is 0 Å². The van der Waals surface area contributed by atoms with E-state index in [1.54, 1.807) is 0 Å². The normalized spacial score (nSPS) is 15.6. The zero-order chi connectivity index (χ0) is 23.3. The number of nitrogens with zero attached hydrogens (tertiary/aromatic N) is 4. The van der Waals surface area contributed by atoms with E-state index in [-0.39, 0.29) is 5.41 Å². The molecule has 1 aliphatic carbocycles. The SMILES string of the molecule is CC(=NOCC(C)(C)CON=C1CCCc2c(CF)cc(C)nc21)c1cc(C)cc(C)n1. The van der Waals surface area contributed by atoms with Crippen molar-refractivity contribution in [2.45, 2.75) is 67.5 Å². The monoisotopic (exact) mass is 440 g/mol. The zero-order valence-corrected chi connectivity index (χ0v) is 20.0. The van der Waals surface area contributed by atoms with Gasteiger partial charge >= 0.3 is 0 Å². The van der Waals surface area contributed by atoms with E-state index in [1.165, 1.54) is 0 Å². The number of oxime groups is 2. The van der Waals surface area contributed by atoms with E-state index in [2.05, 4.69) is 20.3 Å². The summed E-state index contributed by atoms with van der Waals surface area (Å²) in [6, 6.07) is 5.84. The van der Waals surface area contributed by atoms with Crippen molar-refractivity contribution in [2.75, 3.05) is 13.2 Å². The van der Waals surface area contributed by atoms with E-state index < -0.39 is 6.67 Å². The van der Waals surface area contributed by atoms with Crippen molar-refractivity contribution in [3.05, 3.63) is 57.7 Å². The Hall–Kier alpha value is -2.83. The fraction of sp³-hybridized carbons (Fsp3) is 0.520. The molecule has 0 amide bonds. The quantitative estimate of drug-likeness (QED) is 0.407. The standard InChI is InChI=1S/C25H33FN4O2/c1-16-10-17(2)27-23(11-16)19(4)29-31-14-25(5,6)15-32-30-22-9-7-8-21-20(13-26)12-18(3)28-24(21)22/h10-12H,7-9,13-15H2,1-6H3. The number of rotatable bonds is 8. The van der Waals surface area contributed by atoms with Gasteiger partial charge in [-0.3, -0.25) is 9.97 Å². The van der Waals surface area contributed by atoms with Crippen LogP contribution >= 0.6 is 0 Å². The highest BCUT2D eigenvalue weighted by Crippen LogP contribution is 2.26. The fourth-order valence-electron chi connectivity index (χ4n) is 3.75. The molecule has 0 saturated carbocycles. The molecule has 0 bridgehead atoms. The molecule has 2 aromatic heterocycles. The van der Waals surface area contributed by atoms with Gasteiger partial charge in [-0.15, -0.1) is 0 Å². The van der Waals surface area contributed by atoms with Crippen LogP contribution in [0, 0.1) is 26.2 Å². The number of halogens is 1. The van der Waals surface area contributed by atoms with E-state index in [1.807, 2.05) is 59.7 Å². The first-order chi connectivity index (χ1) is 15.2. The summed E-state index contributed by atoms with van der Waals surface area (Å²) < 4.78 is 13.4. The van der Waals surface area contributed by atoms with Crippen LogP contribution in [0.1, 0.15) is 73.1 Å². The van der Waals surface area contributed by atoms with Crippen molar-refractivity contribution in [1.82, 2.24) is 9.97 Å². The van der Waals surface area contributed by atoms with E-state index in [4.69, 9.17) is 9.68 Å². The first-order valence-corrected chi connectivity index (χ1v) is 11.1. The number of hydrogen-bond acceptors (Lipinski definition) is 6. The maximum Gasteiger partial charge on any atom is 0.125 e. The van der Waals surface area contributed by atoms with Gasteiger partial charge in [0.15, 0.2) is 0 Å². The number of aryl methyl sites for hydroxylation is 3. The van der Waals surface area contributed by atoms with Gasteiger partial charge < -0.3 is 9.68 Å². The van der Waals surface area contributed by atoms with Crippen LogP contribution in [0.25, 0.3) is 0 Å². The molecule has 0 N–H and O–H groups in total. The summed E-state index contributed by atoms with van der Waals surface area (Å²) in [7, 11) is 0. The molecule has 0 saturated heterocycles. The molecule has 7 heteroatoms. The predicted molar refractivity (Wildman–Crippen MR) is 125 cm³/mol. The highest BCUT2D eigenvalue weighted by molar-refractivity contribution is 6.01. The molecular formula is C25H33FN4O2. The van der Waals surface area contributed by atoms with Gasteiger partial charge in [0.1, 0.15) is 31.3 Å². The van der Waals surface area contributed by atoms with Crippen molar-refractivity contribution in [1.29, 1.82) is 0 Å². The van der Waals surface area contributed by atoms with Crippen LogP contribution in [0.15, 0.2) is 28.5 Å². The Morgan fingerprint density at radius 2 is 1.75 bits per heavy atom. The number of hydrogen-bond donors (Lipinski definition) is 0. The maximum absolute atomic E-state index is 13.4. The molecule has 0 unspecified atom stereocenters. The first kappa shape index (κ1) is 23.8. The topological polar surface area (TPSA) is 69.0 Å². The molecule has 0 atom stereocenters. The molecule has 0 radical (unpaired) electrons. The van der Waals surface area contributed by atoms with Gasteiger partial charge in [-0.1, -0.05) is 24.2 Å². The van der Waals surface area contributed by atoms with Crippen molar-refractivity contribution < 1.29 is 14.1 Å². The lowest BCUT2D eigenvalue weighted by atomic mass is 9.90.